The van der Waals surface area contributed by atoms with E-state index in [2.05, 4.69) is 28.8 Å². The molecule has 8 heteroatoms. The van der Waals surface area contributed by atoms with E-state index in [0.29, 0.717) is 24.2 Å². The molecule has 0 radical (unpaired) electrons. The first-order valence-corrected chi connectivity index (χ1v) is 8.70. The van der Waals surface area contributed by atoms with Crippen LogP contribution in [0.4, 0.5) is 0 Å². The second-order valence-corrected chi connectivity index (χ2v) is 6.31. The number of nitrogens with zero attached hydrogens (tertiary/aromatic N) is 5. The summed E-state index contributed by atoms with van der Waals surface area (Å²) in [4.78, 5) is 32.6. The van der Waals surface area contributed by atoms with Gasteiger partial charge in [0.15, 0.2) is 5.65 Å². The number of aromatic nitrogens is 3. The number of rotatable bonds is 6. The Hall–Kier alpha value is -2.48. The summed E-state index contributed by atoms with van der Waals surface area (Å²) in [5.74, 6) is -0.697. The Balaban J connectivity index is 1.86. The van der Waals surface area contributed by atoms with E-state index in [-0.39, 0.29) is 5.91 Å². The highest BCUT2D eigenvalue weighted by Crippen LogP contribution is 2.21. The largest absolute Gasteiger partial charge is 0.368 e. The molecule has 2 N–H and O–H groups in total. The van der Waals surface area contributed by atoms with Crippen LogP contribution in [-0.2, 0) is 11.3 Å². The van der Waals surface area contributed by atoms with Gasteiger partial charge in [-0.2, -0.15) is 5.10 Å². The highest BCUT2D eigenvalue weighted by molar-refractivity contribution is 6.02. The van der Waals surface area contributed by atoms with Crippen LogP contribution in [-0.4, -0.2) is 61.9 Å². The molecule has 3 heterocycles. The molecule has 3 rings (SSSR count). The second kappa shape index (κ2) is 7.18. The molecule has 2 amide bonds. The number of amides is 2. The van der Waals surface area contributed by atoms with Crippen molar-refractivity contribution >= 4 is 17.5 Å². The van der Waals surface area contributed by atoms with Gasteiger partial charge in [-0.05, 0) is 25.9 Å². The molecule has 1 aliphatic heterocycles. The Kier molecular flexibility index (Phi) is 4.98. The lowest BCUT2D eigenvalue weighted by molar-refractivity contribution is -0.121. The average molecular weight is 344 g/mol. The van der Waals surface area contributed by atoms with Crippen molar-refractivity contribution in [1.29, 1.82) is 0 Å². The van der Waals surface area contributed by atoms with E-state index in [1.165, 1.54) is 11.1 Å². The van der Waals surface area contributed by atoms with Gasteiger partial charge in [0, 0.05) is 31.0 Å². The maximum absolute atomic E-state index is 12.8. The van der Waals surface area contributed by atoms with Crippen LogP contribution < -0.4 is 5.73 Å². The van der Waals surface area contributed by atoms with E-state index in [1.54, 1.807) is 10.7 Å². The third kappa shape index (κ3) is 3.34. The normalized spacial score (nSPS) is 17.6. The molecule has 25 heavy (non-hydrogen) atoms. The molecule has 0 aliphatic carbocycles. The molecule has 2 aromatic heterocycles. The van der Waals surface area contributed by atoms with Gasteiger partial charge in [-0.15, -0.1) is 0 Å². The van der Waals surface area contributed by atoms with Crippen molar-refractivity contribution in [3.05, 3.63) is 29.7 Å². The van der Waals surface area contributed by atoms with Crippen LogP contribution in [0.25, 0.3) is 5.65 Å². The lowest BCUT2D eigenvalue weighted by Crippen LogP contribution is -2.43. The molecular formula is C17H24N6O2. The summed E-state index contributed by atoms with van der Waals surface area (Å²) >= 11 is 0. The average Bonchev–Trinajstić information content (AvgIpc) is 3.25. The van der Waals surface area contributed by atoms with Crippen LogP contribution in [0.5, 0.6) is 0 Å². The highest BCUT2D eigenvalue weighted by atomic mass is 16.2. The number of hydrogen-bond acceptors (Lipinski definition) is 5. The molecule has 8 nitrogen and oxygen atoms in total. The second-order valence-electron chi connectivity index (χ2n) is 6.31. The fraction of sp³-hybridized carbons (Fsp3) is 0.529. The van der Waals surface area contributed by atoms with Crippen molar-refractivity contribution in [2.24, 2.45) is 5.73 Å². The van der Waals surface area contributed by atoms with Crippen LogP contribution in [0, 0.1) is 0 Å². The number of primary amides is 1. The summed E-state index contributed by atoms with van der Waals surface area (Å²) in [5.41, 5.74) is 7.36. The molecular weight excluding hydrogens is 320 g/mol. The van der Waals surface area contributed by atoms with Crippen molar-refractivity contribution in [3.8, 4) is 0 Å². The molecule has 0 bridgehead atoms. The number of carbonyl (C=O) groups is 2. The molecule has 1 aliphatic rings. The number of carbonyl (C=O) groups excluding carboxylic acids is 2. The maximum atomic E-state index is 12.8. The fourth-order valence-electron chi connectivity index (χ4n) is 3.31. The van der Waals surface area contributed by atoms with Crippen molar-refractivity contribution in [3.63, 3.8) is 0 Å². The first-order valence-electron chi connectivity index (χ1n) is 8.70. The Morgan fingerprint density at radius 3 is 2.76 bits per heavy atom. The zero-order chi connectivity index (χ0) is 18.0. The quantitative estimate of drug-likeness (QED) is 0.830. The molecule has 0 saturated carbocycles. The van der Waals surface area contributed by atoms with Gasteiger partial charge in [-0.1, -0.05) is 13.8 Å². The zero-order valence-electron chi connectivity index (χ0n) is 14.7. The number of likely N-dealkylation sites (tertiary alicyclic amines) is 1. The smallest absolute Gasteiger partial charge is 0.260 e. The fourth-order valence-corrected chi connectivity index (χ4v) is 3.31. The molecule has 0 unspecified atom stereocenters. The molecule has 134 valence electrons. The lowest BCUT2D eigenvalue weighted by Gasteiger charge is -2.21. The third-order valence-electron chi connectivity index (χ3n) is 4.78. The van der Waals surface area contributed by atoms with Crippen molar-refractivity contribution in [2.45, 2.75) is 39.3 Å². The third-order valence-corrected chi connectivity index (χ3v) is 4.78. The van der Waals surface area contributed by atoms with E-state index in [4.69, 9.17) is 5.73 Å². The van der Waals surface area contributed by atoms with E-state index in [1.807, 2.05) is 6.20 Å². The number of nitrogens with two attached hydrogens (primary N) is 1. The maximum Gasteiger partial charge on any atom is 0.260 e. The number of fused-ring (bicyclic) bond motifs is 1. The van der Waals surface area contributed by atoms with Gasteiger partial charge < -0.3 is 10.6 Å². The van der Waals surface area contributed by atoms with Gasteiger partial charge in [-0.3, -0.25) is 14.5 Å². The highest BCUT2D eigenvalue weighted by Gasteiger charge is 2.34. The van der Waals surface area contributed by atoms with E-state index in [9.17, 15) is 9.59 Å². The molecule has 0 aromatic carbocycles. The predicted octanol–water partition coefficient (Wildman–Crippen LogP) is 0.661. The first-order chi connectivity index (χ1) is 12.0. The minimum atomic E-state index is -0.538. The minimum Gasteiger partial charge on any atom is -0.368 e. The zero-order valence-corrected chi connectivity index (χ0v) is 14.7. The van der Waals surface area contributed by atoms with Gasteiger partial charge in [0.1, 0.15) is 11.6 Å². The molecule has 1 atom stereocenters. The van der Waals surface area contributed by atoms with E-state index in [0.717, 1.165) is 31.6 Å². The van der Waals surface area contributed by atoms with Gasteiger partial charge in [0.2, 0.25) is 5.91 Å². The van der Waals surface area contributed by atoms with E-state index >= 15 is 0 Å². The molecule has 1 saturated heterocycles. The topological polar surface area (TPSA) is 96.8 Å². The SMILES string of the molecule is CCN(CC)Cc1cnc2c(C(=O)N3CCC[C@H]3C(N)=O)cnn2c1. The van der Waals surface area contributed by atoms with E-state index < -0.39 is 11.9 Å². The summed E-state index contributed by atoms with van der Waals surface area (Å²) in [6, 6.07) is -0.538. The van der Waals surface area contributed by atoms with Crippen LogP contribution >= 0.6 is 0 Å². The number of hydrogen-bond donors (Lipinski definition) is 1. The summed E-state index contributed by atoms with van der Waals surface area (Å²) in [5, 5.41) is 4.27. The summed E-state index contributed by atoms with van der Waals surface area (Å²) < 4.78 is 1.63. The summed E-state index contributed by atoms with van der Waals surface area (Å²) in [7, 11) is 0. The van der Waals surface area contributed by atoms with Crippen LogP contribution in [0.1, 0.15) is 42.6 Å². The van der Waals surface area contributed by atoms with Crippen LogP contribution in [0.15, 0.2) is 18.6 Å². The summed E-state index contributed by atoms with van der Waals surface area (Å²) in [6.07, 6.45) is 6.58. The lowest BCUT2D eigenvalue weighted by atomic mass is 10.2. The predicted molar refractivity (Wildman–Crippen MR) is 92.9 cm³/mol. The van der Waals surface area contributed by atoms with Crippen LogP contribution in [0.3, 0.4) is 0 Å². The Labute approximate surface area is 146 Å². The Bertz CT molecular complexity index is 783. The van der Waals surface area contributed by atoms with Crippen LogP contribution in [0.2, 0.25) is 0 Å². The Morgan fingerprint density at radius 2 is 2.08 bits per heavy atom. The van der Waals surface area contributed by atoms with Crippen molar-refractivity contribution in [1.82, 2.24) is 24.4 Å². The Morgan fingerprint density at radius 1 is 1.32 bits per heavy atom. The van der Waals surface area contributed by atoms with Gasteiger partial charge in [0.05, 0.1) is 6.20 Å². The van der Waals surface area contributed by atoms with Gasteiger partial charge >= 0.3 is 0 Å². The van der Waals surface area contributed by atoms with Crippen molar-refractivity contribution in [2.75, 3.05) is 19.6 Å². The monoisotopic (exact) mass is 344 g/mol. The van der Waals surface area contributed by atoms with Gasteiger partial charge in [-0.25, -0.2) is 9.50 Å². The summed E-state index contributed by atoms with van der Waals surface area (Å²) in [6.45, 7) is 7.47. The van der Waals surface area contributed by atoms with Gasteiger partial charge in [0.25, 0.3) is 5.91 Å². The molecule has 1 fully saturated rings. The minimum absolute atomic E-state index is 0.236. The van der Waals surface area contributed by atoms with Crippen molar-refractivity contribution < 1.29 is 9.59 Å². The first kappa shape index (κ1) is 17.3. The molecule has 0 spiro atoms. The molecule has 2 aromatic rings. The standard InChI is InChI=1S/C17H24N6O2/c1-3-21(4-2)10-12-8-19-16-13(9-20-23(16)11-12)17(25)22-7-5-6-14(22)15(18)24/h8-9,11,14H,3-7,10H2,1-2H3,(H2,18,24)/t14-/m0/s1.